The molecule has 4 nitrogen and oxygen atoms in total. The van der Waals surface area contributed by atoms with Crippen molar-refractivity contribution in [3.8, 4) is 5.69 Å². The van der Waals surface area contributed by atoms with Crippen LogP contribution in [0.5, 0.6) is 0 Å². The van der Waals surface area contributed by atoms with E-state index >= 15 is 0 Å². The second kappa shape index (κ2) is 4.61. The molecule has 0 unspecified atom stereocenters. The van der Waals surface area contributed by atoms with Gasteiger partial charge in [0, 0.05) is 0 Å². The fourth-order valence-electron chi connectivity index (χ4n) is 2.21. The largest absolute Gasteiger partial charge is 0.478 e. The summed E-state index contributed by atoms with van der Waals surface area (Å²) in [6.07, 6.45) is 0. The van der Waals surface area contributed by atoms with Crippen LogP contribution >= 0.6 is 11.5 Å². The average Bonchev–Trinajstić information content (AvgIpc) is 2.76. The van der Waals surface area contributed by atoms with E-state index in [9.17, 15) is 9.59 Å². The van der Waals surface area contributed by atoms with Crippen molar-refractivity contribution in [2.75, 3.05) is 0 Å². The number of hydrogen-bond donors (Lipinski definition) is 1. The normalized spacial score (nSPS) is 10.8. The first kappa shape index (κ1) is 12.6. The van der Waals surface area contributed by atoms with Crippen LogP contribution in [0.3, 0.4) is 0 Å². The zero-order chi connectivity index (χ0) is 14.3. The minimum atomic E-state index is -0.987. The van der Waals surface area contributed by atoms with Crippen LogP contribution in [0, 0.1) is 6.92 Å². The third-order valence-corrected chi connectivity index (χ3v) is 4.34. The molecule has 0 aliphatic heterocycles. The highest BCUT2D eigenvalue weighted by atomic mass is 32.1. The van der Waals surface area contributed by atoms with Crippen molar-refractivity contribution in [1.82, 2.24) is 3.96 Å². The van der Waals surface area contributed by atoms with E-state index in [1.165, 1.54) is 11.5 Å². The summed E-state index contributed by atoms with van der Waals surface area (Å²) in [6.45, 7) is 1.72. The molecule has 0 amide bonds. The molecule has 2 aromatic carbocycles. The smallest absolute Gasteiger partial charge is 0.336 e. The number of carboxylic acid groups (broad SMARTS) is 1. The Labute approximate surface area is 118 Å². The molecular formula is C15H11NO3S. The third-order valence-electron chi connectivity index (χ3n) is 3.25. The number of nitrogens with zero attached hydrogens (tertiary/aromatic N) is 1. The number of hydrogen-bond acceptors (Lipinski definition) is 3. The maximum atomic E-state index is 12.4. The first-order valence-corrected chi connectivity index (χ1v) is 6.81. The van der Waals surface area contributed by atoms with Gasteiger partial charge in [-0.15, -0.1) is 0 Å². The van der Waals surface area contributed by atoms with Gasteiger partial charge in [0.05, 0.1) is 21.3 Å². The molecule has 100 valence electrons. The molecule has 0 aliphatic rings. The van der Waals surface area contributed by atoms with Crippen molar-refractivity contribution in [2.24, 2.45) is 0 Å². The summed E-state index contributed by atoms with van der Waals surface area (Å²) >= 11 is 1.32. The topological polar surface area (TPSA) is 59.3 Å². The summed E-state index contributed by atoms with van der Waals surface area (Å²) in [5.41, 5.74) is 1.31. The minimum absolute atomic E-state index is 0.115. The van der Waals surface area contributed by atoms with E-state index in [1.54, 1.807) is 35.1 Å². The van der Waals surface area contributed by atoms with Crippen LogP contribution in [0.15, 0.2) is 47.3 Å². The highest BCUT2D eigenvalue weighted by Gasteiger charge is 2.14. The Bertz CT molecular complexity index is 876. The molecule has 20 heavy (non-hydrogen) atoms. The summed E-state index contributed by atoms with van der Waals surface area (Å²) in [6, 6.07) is 12.3. The zero-order valence-electron chi connectivity index (χ0n) is 10.7. The standard InChI is InChI=1S/C15H11NO3S/c1-9-10(15(18)19)6-4-7-12(9)16-14(17)11-5-2-3-8-13(11)20-16/h2-8H,1H3,(H,18,19). The maximum Gasteiger partial charge on any atom is 0.336 e. The van der Waals surface area contributed by atoms with Gasteiger partial charge in [-0.1, -0.05) is 29.7 Å². The van der Waals surface area contributed by atoms with Crippen LogP contribution in [0.1, 0.15) is 15.9 Å². The number of benzene rings is 2. The van der Waals surface area contributed by atoms with Crippen molar-refractivity contribution in [1.29, 1.82) is 0 Å². The molecule has 3 aromatic rings. The molecule has 0 spiro atoms. The lowest BCUT2D eigenvalue weighted by Gasteiger charge is -2.07. The van der Waals surface area contributed by atoms with E-state index in [1.807, 2.05) is 18.2 Å². The van der Waals surface area contributed by atoms with Gasteiger partial charge >= 0.3 is 5.97 Å². The Morgan fingerprint density at radius 2 is 1.90 bits per heavy atom. The lowest BCUT2D eigenvalue weighted by molar-refractivity contribution is 0.0696. The quantitative estimate of drug-likeness (QED) is 0.787. The molecule has 0 saturated heterocycles. The number of carboxylic acids is 1. The molecule has 1 N–H and O–H groups in total. The van der Waals surface area contributed by atoms with E-state index < -0.39 is 5.97 Å². The lowest BCUT2D eigenvalue weighted by atomic mass is 10.1. The molecule has 0 atom stereocenters. The van der Waals surface area contributed by atoms with Gasteiger partial charge in [-0.05, 0) is 36.8 Å². The van der Waals surface area contributed by atoms with Gasteiger partial charge in [0.25, 0.3) is 5.56 Å². The van der Waals surface area contributed by atoms with E-state index in [4.69, 9.17) is 5.11 Å². The van der Waals surface area contributed by atoms with Gasteiger partial charge in [0.2, 0.25) is 0 Å². The van der Waals surface area contributed by atoms with Crippen molar-refractivity contribution < 1.29 is 9.90 Å². The number of carbonyl (C=O) groups is 1. The SMILES string of the molecule is Cc1c(C(=O)O)cccc1-n1sc2ccccc2c1=O. The Hall–Kier alpha value is -2.40. The second-order valence-corrected chi connectivity index (χ2v) is 5.43. The lowest BCUT2D eigenvalue weighted by Crippen LogP contribution is -2.13. The third kappa shape index (κ3) is 1.83. The van der Waals surface area contributed by atoms with E-state index in [0.29, 0.717) is 16.6 Å². The van der Waals surface area contributed by atoms with Crippen LogP contribution in [0.2, 0.25) is 0 Å². The van der Waals surface area contributed by atoms with Gasteiger partial charge in [-0.2, -0.15) is 0 Å². The second-order valence-electron chi connectivity index (χ2n) is 4.44. The highest BCUT2D eigenvalue weighted by Crippen LogP contribution is 2.23. The molecule has 1 aromatic heterocycles. The zero-order valence-corrected chi connectivity index (χ0v) is 11.5. The van der Waals surface area contributed by atoms with Crippen LogP contribution in [0.25, 0.3) is 15.8 Å². The van der Waals surface area contributed by atoms with Crippen LogP contribution in [0.4, 0.5) is 0 Å². The predicted octanol–water partition coefficient (Wildman–Crippen LogP) is 3.06. The maximum absolute atomic E-state index is 12.4. The van der Waals surface area contributed by atoms with Gasteiger partial charge in [0.1, 0.15) is 0 Å². The number of aromatic carboxylic acids is 1. The summed E-state index contributed by atoms with van der Waals surface area (Å²) in [7, 11) is 0. The summed E-state index contributed by atoms with van der Waals surface area (Å²) < 4.78 is 2.43. The fraction of sp³-hybridized carbons (Fsp3) is 0.0667. The Morgan fingerprint density at radius 1 is 1.15 bits per heavy atom. The minimum Gasteiger partial charge on any atom is -0.478 e. The van der Waals surface area contributed by atoms with Gasteiger partial charge in [-0.25, -0.2) is 8.75 Å². The molecule has 5 heteroatoms. The van der Waals surface area contributed by atoms with E-state index in [-0.39, 0.29) is 11.1 Å². The molecule has 0 fully saturated rings. The Morgan fingerprint density at radius 3 is 2.60 bits per heavy atom. The van der Waals surface area contributed by atoms with Crippen molar-refractivity contribution in [3.05, 3.63) is 63.9 Å². The van der Waals surface area contributed by atoms with Crippen molar-refractivity contribution in [2.45, 2.75) is 6.92 Å². The van der Waals surface area contributed by atoms with Crippen LogP contribution < -0.4 is 5.56 Å². The van der Waals surface area contributed by atoms with Crippen LogP contribution in [-0.4, -0.2) is 15.0 Å². The highest BCUT2D eigenvalue weighted by molar-refractivity contribution is 7.14. The van der Waals surface area contributed by atoms with Gasteiger partial charge in [-0.3, -0.25) is 4.79 Å². The van der Waals surface area contributed by atoms with Crippen molar-refractivity contribution >= 4 is 27.6 Å². The van der Waals surface area contributed by atoms with E-state index in [0.717, 1.165) is 4.70 Å². The monoisotopic (exact) mass is 285 g/mol. The summed E-state index contributed by atoms with van der Waals surface area (Å²) in [5.74, 6) is -0.987. The molecule has 0 aliphatic carbocycles. The number of aromatic nitrogens is 1. The van der Waals surface area contributed by atoms with Crippen molar-refractivity contribution in [3.63, 3.8) is 0 Å². The first-order valence-electron chi connectivity index (χ1n) is 6.04. The number of rotatable bonds is 2. The first-order chi connectivity index (χ1) is 9.59. The van der Waals surface area contributed by atoms with Gasteiger partial charge < -0.3 is 5.11 Å². The Kier molecular flexibility index (Phi) is 2.91. The molecular weight excluding hydrogens is 274 g/mol. The molecule has 0 radical (unpaired) electrons. The predicted molar refractivity (Wildman–Crippen MR) is 79.1 cm³/mol. The summed E-state index contributed by atoms with van der Waals surface area (Å²) in [5, 5.41) is 9.81. The molecule has 0 saturated carbocycles. The Balaban J connectivity index is 2.32. The molecule has 0 bridgehead atoms. The fourth-order valence-corrected chi connectivity index (χ4v) is 3.27. The van der Waals surface area contributed by atoms with Crippen LogP contribution in [-0.2, 0) is 0 Å². The molecule has 1 heterocycles. The van der Waals surface area contributed by atoms with Gasteiger partial charge in [0.15, 0.2) is 0 Å². The average molecular weight is 285 g/mol. The van der Waals surface area contributed by atoms with E-state index in [2.05, 4.69) is 0 Å². The molecule has 3 rings (SSSR count). The number of fused-ring (bicyclic) bond motifs is 1. The summed E-state index contributed by atoms with van der Waals surface area (Å²) in [4.78, 5) is 23.6.